The summed E-state index contributed by atoms with van der Waals surface area (Å²) in [5.41, 5.74) is 1.23. The molecule has 2 heterocycles. The fraction of sp³-hybridized carbons (Fsp3) is 0.750. The van der Waals surface area contributed by atoms with Gasteiger partial charge in [0.2, 0.25) is 0 Å². The molecule has 0 bridgehead atoms. The molecule has 2 unspecified atom stereocenters. The van der Waals surface area contributed by atoms with Gasteiger partial charge in [-0.25, -0.2) is 4.98 Å². The van der Waals surface area contributed by atoms with Gasteiger partial charge in [0.15, 0.2) is 0 Å². The van der Waals surface area contributed by atoms with Crippen molar-refractivity contribution in [2.24, 2.45) is 0 Å². The molecule has 0 aliphatic carbocycles. The number of nitrogens with zero attached hydrogens (tertiary/aromatic N) is 1. The Hall–Kier alpha value is -0.450. The third-order valence-electron chi connectivity index (χ3n) is 3.19. The minimum atomic E-state index is 0.509. The summed E-state index contributed by atoms with van der Waals surface area (Å²) in [6.45, 7) is 3.34. The van der Waals surface area contributed by atoms with Gasteiger partial charge in [-0.15, -0.1) is 11.3 Å². The Morgan fingerprint density at radius 3 is 3.19 bits per heavy atom. The maximum absolute atomic E-state index is 4.74. The van der Waals surface area contributed by atoms with Gasteiger partial charge in [-0.1, -0.05) is 6.42 Å². The number of aromatic nitrogens is 1. The fourth-order valence-electron chi connectivity index (χ4n) is 2.05. The lowest BCUT2D eigenvalue weighted by Gasteiger charge is -2.21. The number of nitrogens with one attached hydrogen (secondary N) is 2. The first-order valence-corrected chi connectivity index (χ1v) is 7.02. The molecule has 1 aromatic rings. The van der Waals surface area contributed by atoms with Gasteiger partial charge < -0.3 is 10.6 Å². The molecule has 90 valence electrons. The number of rotatable bonds is 4. The largest absolute Gasteiger partial charge is 0.317 e. The summed E-state index contributed by atoms with van der Waals surface area (Å²) in [6.07, 6.45) is 4.92. The quantitative estimate of drug-likeness (QED) is 0.845. The van der Waals surface area contributed by atoms with Gasteiger partial charge in [0.25, 0.3) is 0 Å². The van der Waals surface area contributed by atoms with Crippen molar-refractivity contribution < 1.29 is 0 Å². The summed E-state index contributed by atoms with van der Waals surface area (Å²) in [5.74, 6) is 0. The van der Waals surface area contributed by atoms with Crippen molar-refractivity contribution in [3.05, 3.63) is 16.1 Å². The fourth-order valence-corrected chi connectivity index (χ4v) is 3.00. The summed E-state index contributed by atoms with van der Waals surface area (Å²) in [7, 11) is 2.00. The van der Waals surface area contributed by atoms with Crippen LogP contribution in [0.15, 0.2) is 5.38 Å². The van der Waals surface area contributed by atoms with E-state index in [-0.39, 0.29) is 0 Å². The number of likely N-dealkylation sites (N-methyl/N-ethyl adjacent to an activating group) is 1. The van der Waals surface area contributed by atoms with Crippen LogP contribution in [0, 0.1) is 0 Å². The topological polar surface area (TPSA) is 37.0 Å². The lowest BCUT2D eigenvalue weighted by molar-refractivity contribution is 0.410. The van der Waals surface area contributed by atoms with Crippen molar-refractivity contribution in [2.75, 3.05) is 13.6 Å². The van der Waals surface area contributed by atoms with Gasteiger partial charge in [-0.3, -0.25) is 0 Å². The summed E-state index contributed by atoms with van der Waals surface area (Å²) >= 11 is 1.81. The molecule has 1 aliphatic heterocycles. The number of piperidine rings is 1. The van der Waals surface area contributed by atoms with Crippen molar-refractivity contribution in [3.8, 4) is 0 Å². The molecule has 2 atom stereocenters. The first-order chi connectivity index (χ1) is 7.79. The zero-order valence-electron chi connectivity index (χ0n) is 10.1. The molecule has 1 saturated heterocycles. The summed E-state index contributed by atoms with van der Waals surface area (Å²) in [4.78, 5) is 4.74. The van der Waals surface area contributed by atoms with Crippen molar-refractivity contribution in [3.63, 3.8) is 0 Å². The highest BCUT2D eigenvalue weighted by Gasteiger charge is 2.18. The predicted molar refractivity (Wildman–Crippen MR) is 68.9 cm³/mol. The average molecular weight is 239 g/mol. The first kappa shape index (κ1) is 12.0. The normalized spacial score (nSPS) is 23.2. The van der Waals surface area contributed by atoms with E-state index in [1.165, 1.54) is 30.0 Å². The van der Waals surface area contributed by atoms with Crippen LogP contribution >= 0.6 is 11.3 Å². The molecule has 2 N–H and O–H groups in total. The minimum Gasteiger partial charge on any atom is -0.317 e. The van der Waals surface area contributed by atoms with E-state index in [4.69, 9.17) is 4.98 Å². The van der Waals surface area contributed by atoms with E-state index >= 15 is 0 Å². The molecule has 0 radical (unpaired) electrons. The standard InChI is InChI=1S/C12H21N3S/c1-9(13-2)7-10-8-16-12(15-10)11-5-3-4-6-14-11/h8-9,11,13-14H,3-7H2,1-2H3. The highest BCUT2D eigenvalue weighted by Crippen LogP contribution is 2.25. The van der Waals surface area contributed by atoms with E-state index < -0.39 is 0 Å². The smallest absolute Gasteiger partial charge is 0.110 e. The second-order valence-corrected chi connectivity index (χ2v) is 5.46. The maximum atomic E-state index is 4.74. The maximum Gasteiger partial charge on any atom is 0.110 e. The number of hydrogen-bond donors (Lipinski definition) is 2. The van der Waals surface area contributed by atoms with Crippen LogP contribution in [-0.2, 0) is 6.42 Å². The van der Waals surface area contributed by atoms with Gasteiger partial charge in [0.05, 0.1) is 11.7 Å². The van der Waals surface area contributed by atoms with Crippen LogP contribution in [0.4, 0.5) is 0 Å². The van der Waals surface area contributed by atoms with Crippen LogP contribution in [0.3, 0.4) is 0 Å². The van der Waals surface area contributed by atoms with Crippen LogP contribution in [0.5, 0.6) is 0 Å². The Labute approximate surface area is 102 Å². The first-order valence-electron chi connectivity index (χ1n) is 6.14. The van der Waals surface area contributed by atoms with Gasteiger partial charge in [0.1, 0.15) is 5.01 Å². The number of thiazole rings is 1. The molecule has 1 aromatic heterocycles. The predicted octanol–water partition coefficient (Wildman–Crippen LogP) is 2.11. The van der Waals surface area contributed by atoms with Crippen molar-refractivity contribution >= 4 is 11.3 Å². The molecular formula is C12H21N3S. The SMILES string of the molecule is CNC(C)Cc1csc(C2CCCCN2)n1. The summed E-state index contributed by atoms with van der Waals surface area (Å²) in [5, 5.41) is 10.3. The highest BCUT2D eigenvalue weighted by molar-refractivity contribution is 7.09. The van der Waals surface area contributed by atoms with E-state index in [1.54, 1.807) is 0 Å². The second kappa shape index (κ2) is 5.75. The van der Waals surface area contributed by atoms with Crippen LogP contribution in [0.25, 0.3) is 0 Å². The van der Waals surface area contributed by atoms with E-state index in [0.717, 1.165) is 13.0 Å². The highest BCUT2D eigenvalue weighted by atomic mass is 32.1. The summed E-state index contributed by atoms with van der Waals surface area (Å²) < 4.78 is 0. The Kier molecular flexibility index (Phi) is 4.32. The van der Waals surface area contributed by atoms with Crippen LogP contribution in [0.1, 0.15) is 42.9 Å². The third kappa shape index (κ3) is 3.03. The molecule has 1 fully saturated rings. The molecule has 1 aliphatic rings. The van der Waals surface area contributed by atoms with Crippen LogP contribution in [0.2, 0.25) is 0 Å². The zero-order valence-corrected chi connectivity index (χ0v) is 10.9. The molecule has 0 saturated carbocycles. The van der Waals surface area contributed by atoms with E-state index in [2.05, 4.69) is 22.9 Å². The van der Waals surface area contributed by atoms with Gasteiger partial charge >= 0.3 is 0 Å². The Balaban J connectivity index is 1.95. The van der Waals surface area contributed by atoms with Crippen molar-refractivity contribution in [2.45, 2.75) is 44.7 Å². The average Bonchev–Trinajstić information content (AvgIpc) is 2.78. The van der Waals surface area contributed by atoms with Gasteiger partial charge in [-0.2, -0.15) is 0 Å². The van der Waals surface area contributed by atoms with Gasteiger partial charge in [0, 0.05) is 17.8 Å². The second-order valence-electron chi connectivity index (χ2n) is 4.57. The monoisotopic (exact) mass is 239 g/mol. The minimum absolute atomic E-state index is 0.509. The van der Waals surface area contributed by atoms with Crippen molar-refractivity contribution in [1.29, 1.82) is 0 Å². The molecule has 0 spiro atoms. The lowest BCUT2D eigenvalue weighted by Crippen LogP contribution is -2.27. The van der Waals surface area contributed by atoms with E-state index in [1.807, 2.05) is 18.4 Å². The van der Waals surface area contributed by atoms with E-state index in [9.17, 15) is 0 Å². The molecular weight excluding hydrogens is 218 g/mol. The third-order valence-corrected chi connectivity index (χ3v) is 4.19. The molecule has 3 nitrogen and oxygen atoms in total. The van der Waals surface area contributed by atoms with E-state index in [0.29, 0.717) is 12.1 Å². The number of hydrogen-bond acceptors (Lipinski definition) is 4. The Morgan fingerprint density at radius 2 is 2.50 bits per heavy atom. The molecule has 0 amide bonds. The Bertz CT molecular complexity index is 318. The molecule has 2 rings (SSSR count). The van der Waals surface area contributed by atoms with Gasteiger partial charge in [-0.05, 0) is 33.4 Å². The van der Waals surface area contributed by atoms with Crippen LogP contribution in [-0.4, -0.2) is 24.6 Å². The Morgan fingerprint density at radius 1 is 1.62 bits per heavy atom. The molecule has 4 heteroatoms. The lowest BCUT2D eigenvalue weighted by atomic mass is 10.1. The summed E-state index contributed by atoms with van der Waals surface area (Å²) in [6, 6.07) is 1.02. The van der Waals surface area contributed by atoms with Crippen molar-refractivity contribution in [1.82, 2.24) is 15.6 Å². The van der Waals surface area contributed by atoms with Crippen LogP contribution < -0.4 is 10.6 Å². The molecule has 0 aromatic carbocycles. The molecule has 16 heavy (non-hydrogen) atoms. The zero-order chi connectivity index (χ0) is 11.4.